The zero-order valence-electron chi connectivity index (χ0n) is 11.8. The normalized spacial score (nSPS) is 17.8. The molecule has 5 heteroatoms. The minimum Gasteiger partial charge on any atom is -0.391 e. The quantitative estimate of drug-likeness (QED) is 0.728. The number of hydrogen-bond donors (Lipinski definition) is 1. The molecular weight excluding hydrogens is 243 g/mol. The molecule has 2 nitrogen and oxygen atoms in total. The van der Waals surface area contributed by atoms with Crippen molar-refractivity contribution in [2.45, 2.75) is 71.2 Å². The van der Waals surface area contributed by atoms with Gasteiger partial charge in [-0.25, -0.2) is 0 Å². The van der Waals surface area contributed by atoms with Gasteiger partial charge in [0.2, 0.25) is 0 Å². The number of hydrogen-bond acceptors (Lipinski definition) is 2. The third-order valence-electron chi connectivity index (χ3n) is 3.86. The maximum atomic E-state index is 12.1. The molecule has 110 valence electrons. The molecule has 0 amide bonds. The van der Waals surface area contributed by atoms with E-state index < -0.39 is 24.2 Å². The van der Waals surface area contributed by atoms with Crippen LogP contribution in [0, 0.1) is 0 Å². The molecule has 0 aliphatic heterocycles. The number of aliphatic hydroxyl groups excluding tert-OH is 1. The average molecular weight is 269 g/mol. The predicted octanol–water partition coefficient (Wildman–Crippen LogP) is 3.59. The van der Waals surface area contributed by atoms with Crippen molar-refractivity contribution in [2.75, 3.05) is 13.1 Å². The van der Waals surface area contributed by atoms with Crippen LogP contribution in [0.1, 0.15) is 53.4 Å². The van der Waals surface area contributed by atoms with Gasteiger partial charge in [-0.1, -0.05) is 20.8 Å². The molecule has 0 aromatic carbocycles. The van der Waals surface area contributed by atoms with Crippen molar-refractivity contribution in [3.8, 4) is 0 Å². The summed E-state index contributed by atoms with van der Waals surface area (Å²) >= 11 is 0. The van der Waals surface area contributed by atoms with E-state index in [9.17, 15) is 18.3 Å². The summed E-state index contributed by atoms with van der Waals surface area (Å²) in [6.45, 7) is 9.47. The van der Waals surface area contributed by atoms with Gasteiger partial charge in [0.05, 0.1) is 6.10 Å². The van der Waals surface area contributed by atoms with Crippen LogP contribution in [0.4, 0.5) is 13.2 Å². The lowest BCUT2D eigenvalue weighted by Crippen LogP contribution is -2.54. The van der Waals surface area contributed by atoms with Crippen LogP contribution >= 0.6 is 0 Å². The molecule has 0 radical (unpaired) electrons. The molecule has 0 aliphatic carbocycles. The van der Waals surface area contributed by atoms with Gasteiger partial charge in [-0.3, -0.25) is 4.90 Å². The first-order valence-electron chi connectivity index (χ1n) is 6.71. The second-order valence-electron chi connectivity index (χ2n) is 4.91. The van der Waals surface area contributed by atoms with Crippen molar-refractivity contribution in [3.05, 3.63) is 0 Å². The highest BCUT2D eigenvalue weighted by Crippen LogP contribution is 2.29. The standard InChI is InChI=1S/C13H26F3NO/c1-5-12(4,17(6-2)7-3)11(18)9-8-10-13(14,15)16/h11,18H,5-10H2,1-4H3. The van der Waals surface area contributed by atoms with Crippen molar-refractivity contribution < 1.29 is 18.3 Å². The third kappa shape index (κ3) is 5.14. The Morgan fingerprint density at radius 3 is 1.94 bits per heavy atom. The first kappa shape index (κ1) is 17.7. The number of nitrogens with zero attached hydrogens (tertiary/aromatic N) is 1. The Morgan fingerprint density at radius 2 is 1.61 bits per heavy atom. The molecule has 0 heterocycles. The number of likely N-dealkylation sites (N-methyl/N-ethyl adjacent to an activating group) is 1. The van der Waals surface area contributed by atoms with Crippen molar-refractivity contribution in [1.82, 2.24) is 4.90 Å². The van der Waals surface area contributed by atoms with Crippen molar-refractivity contribution in [1.29, 1.82) is 0 Å². The molecule has 2 atom stereocenters. The average Bonchev–Trinajstić information content (AvgIpc) is 2.28. The van der Waals surface area contributed by atoms with Gasteiger partial charge in [-0.2, -0.15) is 13.2 Å². The summed E-state index contributed by atoms with van der Waals surface area (Å²) in [5.74, 6) is 0. The highest BCUT2D eigenvalue weighted by molar-refractivity contribution is 4.91. The van der Waals surface area contributed by atoms with E-state index in [-0.39, 0.29) is 12.8 Å². The number of rotatable bonds is 8. The largest absolute Gasteiger partial charge is 0.391 e. The van der Waals surface area contributed by atoms with Gasteiger partial charge >= 0.3 is 6.18 Å². The molecule has 18 heavy (non-hydrogen) atoms. The molecule has 0 saturated heterocycles. The van der Waals surface area contributed by atoms with Gasteiger partial charge in [0.15, 0.2) is 0 Å². The van der Waals surface area contributed by atoms with Crippen LogP contribution in [0.15, 0.2) is 0 Å². The molecule has 0 rings (SSSR count). The Bertz CT molecular complexity index is 229. The first-order valence-corrected chi connectivity index (χ1v) is 6.71. The minimum absolute atomic E-state index is 0.0124. The van der Waals surface area contributed by atoms with Crippen molar-refractivity contribution in [2.24, 2.45) is 0 Å². The SMILES string of the molecule is CCN(CC)C(C)(CC)C(O)CCCC(F)(F)F. The predicted molar refractivity (Wildman–Crippen MR) is 67.5 cm³/mol. The van der Waals surface area contributed by atoms with E-state index in [1.54, 1.807) is 0 Å². The van der Waals surface area contributed by atoms with Crippen molar-refractivity contribution >= 4 is 0 Å². The van der Waals surface area contributed by atoms with Gasteiger partial charge in [-0.05, 0) is 39.3 Å². The highest BCUT2D eigenvalue weighted by atomic mass is 19.4. The van der Waals surface area contributed by atoms with E-state index in [2.05, 4.69) is 4.90 Å². The van der Waals surface area contributed by atoms with E-state index in [1.165, 1.54) is 0 Å². The monoisotopic (exact) mass is 269 g/mol. The van der Waals surface area contributed by atoms with E-state index >= 15 is 0 Å². The van der Waals surface area contributed by atoms with Crippen molar-refractivity contribution in [3.63, 3.8) is 0 Å². The van der Waals surface area contributed by atoms with E-state index in [1.807, 2.05) is 27.7 Å². The molecule has 2 unspecified atom stereocenters. The zero-order valence-corrected chi connectivity index (χ0v) is 11.8. The molecule has 0 fully saturated rings. The van der Waals surface area contributed by atoms with Gasteiger partial charge in [0, 0.05) is 12.0 Å². The topological polar surface area (TPSA) is 23.5 Å². The molecule has 0 aliphatic rings. The summed E-state index contributed by atoms with van der Waals surface area (Å²) in [6, 6.07) is 0. The highest BCUT2D eigenvalue weighted by Gasteiger charge is 2.36. The number of halogens is 3. The summed E-state index contributed by atoms with van der Waals surface area (Å²) in [4.78, 5) is 2.12. The summed E-state index contributed by atoms with van der Waals surface area (Å²) < 4.78 is 36.3. The van der Waals surface area contributed by atoms with E-state index in [0.717, 1.165) is 19.5 Å². The molecule has 1 N–H and O–H groups in total. The van der Waals surface area contributed by atoms with E-state index in [4.69, 9.17) is 0 Å². The van der Waals surface area contributed by atoms with Crippen LogP contribution in [0.2, 0.25) is 0 Å². The molecule has 0 bridgehead atoms. The fourth-order valence-corrected chi connectivity index (χ4v) is 2.42. The fraction of sp³-hybridized carbons (Fsp3) is 1.00. The van der Waals surface area contributed by atoms with Crippen LogP contribution in [0.25, 0.3) is 0 Å². The molecule has 0 saturated carbocycles. The third-order valence-corrected chi connectivity index (χ3v) is 3.86. The van der Waals surface area contributed by atoms with Gasteiger partial charge in [0.25, 0.3) is 0 Å². The lowest BCUT2D eigenvalue weighted by atomic mass is 9.86. The minimum atomic E-state index is -4.13. The molecule has 0 aromatic rings. The van der Waals surface area contributed by atoms with Gasteiger partial charge in [0.1, 0.15) is 0 Å². The van der Waals surface area contributed by atoms with Crippen LogP contribution in [0.3, 0.4) is 0 Å². The Morgan fingerprint density at radius 1 is 1.11 bits per heavy atom. The molecule has 0 aromatic heterocycles. The lowest BCUT2D eigenvalue weighted by Gasteiger charge is -2.43. The Labute approximate surface area is 108 Å². The van der Waals surface area contributed by atoms with Crippen LogP contribution in [-0.2, 0) is 0 Å². The zero-order chi connectivity index (χ0) is 14.4. The van der Waals surface area contributed by atoms with Crippen LogP contribution < -0.4 is 0 Å². The lowest BCUT2D eigenvalue weighted by molar-refractivity contribution is -0.137. The summed E-state index contributed by atoms with van der Waals surface area (Å²) in [5, 5.41) is 10.2. The summed E-state index contributed by atoms with van der Waals surface area (Å²) in [5.41, 5.74) is -0.435. The molecule has 0 spiro atoms. The van der Waals surface area contributed by atoms with Crippen LogP contribution in [-0.4, -0.2) is 40.9 Å². The maximum Gasteiger partial charge on any atom is 0.389 e. The number of aliphatic hydroxyl groups is 1. The maximum absolute atomic E-state index is 12.1. The molecular formula is C13H26F3NO. The summed E-state index contributed by atoms with van der Waals surface area (Å²) in [6.07, 6.45) is -4.76. The summed E-state index contributed by atoms with van der Waals surface area (Å²) in [7, 11) is 0. The second-order valence-corrected chi connectivity index (χ2v) is 4.91. The van der Waals surface area contributed by atoms with E-state index in [0.29, 0.717) is 0 Å². The van der Waals surface area contributed by atoms with Gasteiger partial charge in [-0.15, -0.1) is 0 Å². The smallest absolute Gasteiger partial charge is 0.389 e. The Hall–Kier alpha value is -0.290. The second kappa shape index (κ2) is 7.34. The Balaban J connectivity index is 4.46. The Kier molecular flexibility index (Phi) is 7.22. The fourth-order valence-electron chi connectivity index (χ4n) is 2.42. The van der Waals surface area contributed by atoms with Crippen LogP contribution in [0.5, 0.6) is 0 Å². The first-order chi connectivity index (χ1) is 8.21. The number of alkyl halides is 3. The van der Waals surface area contributed by atoms with Gasteiger partial charge < -0.3 is 5.11 Å².